The van der Waals surface area contributed by atoms with Gasteiger partial charge >= 0.3 is 0 Å². The molecule has 0 saturated heterocycles. The first-order valence-corrected chi connectivity index (χ1v) is 12.0. The van der Waals surface area contributed by atoms with Crippen LogP contribution in [0.15, 0.2) is 28.7 Å². The maximum Gasteiger partial charge on any atom is 0.234 e. The number of carbonyl (C=O) groups excluding carboxylic acids is 1. The van der Waals surface area contributed by atoms with E-state index in [2.05, 4.69) is 46.2 Å². The van der Waals surface area contributed by atoms with Crippen LogP contribution in [-0.4, -0.2) is 40.6 Å². The molecule has 1 N–H and O–H groups in total. The van der Waals surface area contributed by atoms with E-state index in [1.54, 1.807) is 43.8 Å². The molecular formula is C22H28N4O3S2. The number of aromatic nitrogens is 3. The summed E-state index contributed by atoms with van der Waals surface area (Å²) in [7, 11) is 3.15. The summed E-state index contributed by atoms with van der Waals surface area (Å²) in [6.07, 6.45) is 1.91. The highest BCUT2D eigenvalue weighted by atomic mass is 32.2. The fraction of sp³-hybridized carbons (Fsp3) is 0.409. The first-order valence-electron chi connectivity index (χ1n) is 10.2. The minimum absolute atomic E-state index is 0.148. The van der Waals surface area contributed by atoms with Gasteiger partial charge in [-0.3, -0.25) is 4.79 Å². The number of carbonyl (C=O) groups is 1. The summed E-state index contributed by atoms with van der Waals surface area (Å²) in [6, 6.07) is 5.29. The van der Waals surface area contributed by atoms with Crippen LogP contribution in [0.25, 0.3) is 11.4 Å². The summed E-state index contributed by atoms with van der Waals surface area (Å²) in [5.41, 5.74) is 3.03. The molecule has 0 aliphatic carbocycles. The highest BCUT2D eigenvalue weighted by molar-refractivity contribution is 7.99. The number of benzene rings is 1. The van der Waals surface area contributed by atoms with Gasteiger partial charge in [0, 0.05) is 28.4 Å². The number of nitrogens with zero attached hydrogens (tertiary/aromatic N) is 3. The number of methoxy groups -OCH3 is 2. The van der Waals surface area contributed by atoms with Crippen molar-refractivity contribution in [2.24, 2.45) is 0 Å². The molecule has 0 bridgehead atoms. The summed E-state index contributed by atoms with van der Waals surface area (Å²) in [5, 5.41) is 14.7. The maximum absolute atomic E-state index is 12.6. The predicted octanol–water partition coefficient (Wildman–Crippen LogP) is 5.04. The average molecular weight is 461 g/mol. The van der Waals surface area contributed by atoms with E-state index in [1.807, 2.05) is 0 Å². The zero-order valence-corrected chi connectivity index (χ0v) is 20.2. The quantitative estimate of drug-likeness (QED) is 0.427. The van der Waals surface area contributed by atoms with E-state index in [-0.39, 0.29) is 11.7 Å². The van der Waals surface area contributed by atoms with Crippen LogP contribution in [0.3, 0.4) is 0 Å². The van der Waals surface area contributed by atoms with Gasteiger partial charge in [0.2, 0.25) is 5.91 Å². The Morgan fingerprint density at radius 3 is 2.71 bits per heavy atom. The van der Waals surface area contributed by atoms with Gasteiger partial charge in [-0.2, -0.15) is 0 Å². The molecular weight excluding hydrogens is 432 g/mol. The third kappa shape index (κ3) is 5.22. The number of ether oxygens (including phenoxy) is 2. The number of nitrogens with one attached hydrogen (secondary N) is 1. The van der Waals surface area contributed by atoms with Gasteiger partial charge in [-0.15, -0.1) is 21.5 Å². The summed E-state index contributed by atoms with van der Waals surface area (Å²) < 4.78 is 12.7. The maximum atomic E-state index is 12.6. The number of amides is 1. The molecule has 31 heavy (non-hydrogen) atoms. The van der Waals surface area contributed by atoms with Crippen molar-refractivity contribution in [3.8, 4) is 22.9 Å². The topological polar surface area (TPSA) is 78.3 Å². The van der Waals surface area contributed by atoms with Crippen molar-refractivity contribution >= 4 is 34.7 Å². The molecule has 0 fully saturated rings. The Kier molecular flexibility index (Phi) is 7.97. The zero-order valence-electron chi connectivity index (χ0n) is 18.5. The second-order valence-corrected chi connectivity index (χ2v) is 8.92. The van der Waals surface area contributed by atoms with Gasteiger partial charge < -0.3 is 19.4 Å². The zero-order chi connectivity index (χ0) is 22.4. The first kappa shape index (κ1) is 23.1. The van der Waals surface area contributed by atoms with Crippen LogP contribution in [0.2, 0.25) is 0 Å². The molecule has 0 radical (unpaired) electrons. The lowest BCUT2D eigenvalue weighted by molar-refractivity contribution is -0.113. The van der Waals surface area contributed by atoms with Crippen molar-refractivity contribution in [3.05, 3.63) is 34.0 Å². The van der Waals surface area contributed by atoms with Crippen molar-refractivity contribution in [1.82, 2.24) is 14.8 Å². The van der Waals surface area contributed by atoms with Crippen LogP contribution in [0.5, 0.6) is 11.5 Å². The molecule has 7 nitrogen and oxygen atoms in total. The molecule has 9 heteroatoms. The third-order valence-corrected chi connectivity index (χ3v) is 6.80. The Balaban J connectivity index is 1.76. The van der Waals surface area contributed by atoms with E-state index in [9.17, 15) is 4.79 Å². The smallest absolute Gasteiger partial charge is 0.234 e. The first-order chi connectivity index (χ1) is 15.0. The van der Waals surface area contributed by atoms with Gasteiger partial charge in [0.15, 0.2) is 11.0 Å². The summed E-state index contributed by atoms with van der Waals surface area (Å²) >= 11 is 3.12. The minimum Gasteiger partial charge on any atom is -0.497 e. The summed E-state index contributed by atoms with van der Waals surface area (Å²) in [5.74, 6) is 2.17. The highest BCUT2D eigenvalue weighted by Gasteiger charge is 2.19. The van der Waals surface area contributed by atoms with E-state index in [0.29, 0.717) is 17.2 Å². The van der Waals surface area contributed by atoms with Crippen LogP contribution in [-0.2, 0) is 17.8 Å². The standard InChI is InChI=1S/C22H28N4O3S2/c1-6-10-26-21(17-12-30-14(3)16(17)7-2)24-25-22(26)31-13-20(27)23-18-11-15(28-4)8-9-19(18)29-5/h8-9,11-12H,6-7,10,13H2,1-5H3,(H,23,27). The molecule has 0 aliphatic rings. The van der Waals surface area contributed by atoms with Gasteiger partial charge in [-0.1, -0.05) is 25.6 Å². The van der Waals surface area contributed by atoms with E-state index in [4.69, 9.17) is 9.47 Å². The largest absolute Gasteiger partial charge is 0.497 e. The van der Waals surface area contributed by atoms with E-state index in [1.165, 1.54) is 22.2 Å². The van der Waals surface area contributed by atoms with Crippen LogP contribution in [0, 0.1) is 6.92 Å². The fourth-order valence-electron chi connectivity index (χ4n) is 3.35. The van der Waals surface area contributed by atoms with Gasteiger partial charge in [0.05, 0.1) is 25.7 Å². The monoisotopic (exact) mass is 460 g/mol. The van der Waals surface area contributed by atoms with E-state index >= 15 is 0 Å². The van der Waals surface area contributed by atoms with Crippen molar-refractivity contribution in [1.29, 1.82) is 0 Å². The fourth-order valence-corrected chi connectivity index (χ4v) is 5.06. The number of hydrogen-bond donors (Lipinski definition) is 1. The number of rotatable bonds is 10. The predicted molar refractivity (Wildman–Crippen MR) is 127 cm³/mol. The molecule has 0 saturated carbocycles. The number of anilines is 1. The Hall–Kier alpha value is -2.52. The molecule has 3 aromatic rings. The lowest BCUT2D eigenvalue weighted by Crippen LogP contribution is -2.15. The number of hydrogen-bond acceptors (Lipinski definition) is 7. The van der Waals surface area contributed by atoms with Gasteiger partial charge in [0.25, 0.3) is 0 Å². The molecule has 1 amide bonds. The number of aryl methyl sites for hydroxylation is 1. The minimum atomic E-state index is -0.148. The van der Waals surface area contributed by atoms with Crippen LogP contribution >= 0.6 is 23.1 Å². The Bertz CT molecular complexity index is 1050. The molecule has 2 heterocycles. The molecule has 3 rings (SSSR count). The van der Waals surface area contributed by atoms with Gasteiger partial charge in [-0.25, -0.2) is 0 Å². The molecule has 0 atom stereocenters. The van der Waals surface area contributed by atoms with Crippen molar-refractivity contribution in [3.63, 3.8) is 0 Å². The van der Waals surface area contributed by atoms with Crippen LogP contribution < -0.4 is 14.8 Å². The Morgan fingerprint density at radius 1 is 1.23 bits per heavy atom. The highest BCUT2D eigenvalue weighted by Crippen LogP contribution is 2.33. The second-order valence-electron chi connectivity index (χ2n) is 6.90. The summed E-state index contributed by atoms with van der Waals surface area (Å²) in [6.45, 7) is 7.22. The van der Waals surface area contributed by atoms with Crippen LogP contribution in [0.1, 0.15) is 30.7 Å². The molecule has 2 aromatic heterocycles. The van der Waals surface area contributed by atoms with Crippen molar-refractivity contribution in [2.75, 3.05) is 25.3 Å². The van der Waals surface area contributed by atoms with Crippen molar-refractivity contribution in [2.45, 2.75) is 45.3 Å². The molecule has 166 valence electrons. The molecule has 0 spiro atoms. The van der Waals surface area contributed by atoms with E-state index in [0.717, 1.165) is 35.9 Å². The van der Waals surface area contributed by atoms with Gasteiger partial charge in [-0.05, 0) is 37.5 Å². The average Bonchev–Trinajstić information content (AvgIpc) is 3.34. The van der Waals surface area contributed by atoms with Crippen molar-refractivity contribution < 1.29 is 14.3 Å². The summed E-state index contributed by atoms with van der Waals surface area (Å²) in [4.78, 5) is 13.9. The normalized spacial score (nSPS) is 10.9. The molecule has 0 aliphatic heterocycles. The lowest BCUT2D eigenvalue weighted by Gasteiger charge is -2.12. The van der Waals surface area contributed by atoms with Gasteiger partial charge in [0.1, 0.15) is 11.5 Å². The Labute approximate surface area is 191 Å². The van der Waals surface area contributed by atoms with Crippen LogP contribution in [0.4, 0.5) is 5.69 Å². The SMILES string of the molecule is CCCn1c(SCC(=O)Nc2cc(OC)ccc2OC)nnc1-c1csc(C)c1CC. The molecule has 0 unspecified atom stereocenters. The van der Waals surface area contributed by atoms with E-state index < -0.39 is 0 Å². The number of thioether (sulfide) groups is 1. The lowest BCUT2D eigenvalue weighted by atomic mass is 10.1. The Morgan fingerprint density at radius 2 is 2.03 bits per heavy atom. The molecule has 1 aromatic carbocycles. The third-order valence-electron chi connectivity index (χ3n) is 4.88. The number of thiophene rings is 1. The second kappa shape index (κ2) is 10.7.